The fraction of sp³-hybridized carbons (Fsp3) is 0.571. The van der Waals surface area contributed by atoms with Gasteiger partial charge in [0.05, 0.1) is 5.69 Å². The number of hydrogen-bond acceptors (Lipinski definition) is 1. The second-order valence-electron chi connectivity index (χ2n) is 5.66. The fourth-order valence-electron chi connectivity index (χ4n) is 2.54. The first kappa shape index (κ1) is 13.2. The Morgan fingerprint density at radius 1 is 1.41 bits per heavy atom. The summed E-state index contributed by atoms with van der Waals surface area (Å²) >= 11 is 9.79. The van der Waals surface area contributed by atoms with E-state index in [1.807, 2.05) is 13.0 Å². The van der Waals surface area contributed by atoms with Crippen LogP contribution in [0.25, 0.3) is 0 Å². The lowest BCUT2D eigenvalue weighted by Gasteiger charge is -2.29. The molecular formula is C14H19BrClN. The standard InChI is InChI=1S/C14H19BrClN/c1-9-7-10(15)12(8-11(9)16)17-13-5-4-6-14(13,2)3/h7-8,13,17H,4-6H2,1-3H3. The van der Waals surface area contributed by atoms with E-state index in [1.54, 1.807) is 0 Å². The first-order valence-corrected chi connectivity index (χ1v) is 7.29. The minimum Gasteiger partial charge on any atom is -0.381 e. The summed E-state index contributed by atoms with van der Waals surface area (Å²) in [7, 11) is 0. The van der Waals surface area contributed by atoms with E-state index in [2.05, 4.69) is 41.2 Å². The number of nitrogens with one attached hydrogen (secondary N) is 1. The molecule has 1 fully saturated rings. The molecule has 1 aromatic carbocycles. The monoisotopic (exact) mass is 315 g/mol. The smallest absolute Gasteiger partial charge is 0.0502 e. The van der Waals surface area contributed by atoms with E-state index in [1.165, 1.54) is 19.3 Å². The minimum absolute atomic E-state index is 0.372. The highest BCUT2D eigenvalue weighted by molar-refractivity contribution is 9.10. The highest BCUT2D eigenvalue weighted by Gasteiger charge is 2.34. The summed E-state index contributed by atoms with van der Waals surface area (Å²) in [4.78, 5) is 0. The van der Waals surface area contributed by atoms with E-state index in [-0.39, 0.29) is 0 Å². The summed E-state index contributed by atoms with van der Waals surface area (Å²) in [5, 5.41) is 4.46. The van der Waals surface area contributed by atoms with Gasteiger partial charge < -0.3 is 5.32 Å². The van der Waals surface area contributed by atoms with Crippen molar-refractivity contribution in [3.8, 4) is 0 Å². The number of halogens is 2. The molecule has 1 unspecified atom stereocenters. The van der Waals surface area contributed by atoms with Crippen molar-refractivity contribution in [2.24, 2.45) is 5.41 Å². The van der Waals surface area contributed by atoms with Gasteiger partial charge in [0.25, 0.3) is 0 Å². The van der Waals surface area contributed by atoms with Crippen LogP contribution >= 0.6 is 27.5 Å². The van der Waals surface area contributed by atoms with Crippen LogP contribution < -0.4 is 5.32 Å². The van der Waals surface area contributed by atoms with Gasteiger partial charge in [0.15, 0.2) is 0 Å². The minimum atomic E-state index is 0.372. The Balaban J connectivity index is 2.22. The largest absolute Gasteiger partial charge is 0.381 e. The average molecular weight is 317 g/mol. The van der Waals surface area contributed by atoms with Crippen LogP contribution in [0.15, 0.2) is 16.6 Å². The molecule has 1 atom stereocenters. The van der Waals surface area contributed by atoms with Gasteiger partial charge in [-0.25, -0.2) is 0 Å². The lowest BCUT2D eigenvalue weighted by Crippen LogP contribution is -2.30. The summed E-state index contributed by atoms with van der Waals surface area (Å²) in [6.07, 6.45) is 3.84. The Hall–Kier alpha value is -0.210. The molecule has 1 N–H and O–H groups in total. The van der Waals surface area contributed by atoms with Crippen LogP contribution in [0.1, 0.15) is 38.7 Å². The van der Waals surface area contributed by atoms with Gasteiger partial charge in [-0.15, -0.1) is 0 Å². The fourth-order valence-corrected chi connectivity index (χ4v) is 3.27. The normalized spacial score (nSPS) is 22.8. The van der Waals surface area contributed by atoms with E-state index in [0.717, 1.165) is 20.7 Å². The molecule has 0 aromatic heterocycles. The predicted octanol–water partition coefficient (Wildman–Crippen LogP) is 5.40. The van der Waals surface area contributed by atoms with Crippen LogP contribution in [-0.4, -0.2) is 6.04 Å². The van der Waals surface area contributed by atoms with Crippen LogP contribution in [0.3, 0.4) is 0 Å². The maximum Gasteiger partial charge on any atom is 0.0502 e. The van der Waals surface area contributed by atoms with Crippen molar-refractivity contribution in [3.05, 3.63) is 27.2 Å². The van der Waals surface area contributed by atoms with Gasteiger partial charge in [0, 0.05) is 15.5 Å². The Morgan fingerprint density at radius 3 is 2.71 bits per heavy atom. The van der Waals surface area contributed by atoms with Gasteiger partial charge in [0.1, 0.15) is 0 Å². The van der Waals surface area contributed by atoms with E-state index in [4.69, 9.17) is 11.6 Å². The summed E-state index contributed by atoms with van der Waals surface area (Å²) in [5.41, 5.74) is 2.59. The SMILES string of the molecule is Cc1cc(Br)c(NC2CCCC2(C)C)cc1Cl. The van der Waals surface area contributed by atoms with Gasteiger partial charge in [0.2, 0.25) is 0 Å². The molecule has 0 heterocycles. The topological polar surface area (TPSA) is 12.0 Å². The molecule has 1 saturated carbocycles. The third-order valence-corrected chi connectivity index (χ3v) is 4.90. The third kappa shape index (κ3) is 2.79. The molecule has 1 aliphatic carbocycles. The first-order valence-electron chi connectivity index (χ1n) is 6.12. The lowest BCUT2D eigenvalue weighted by atomic mass is 9.87. The second kappa shape index (κ2) is 4.81. The predicted molar refractivity (Wildman–Crippen MR) is 78.9 cm³/mol. The number of hydrogen-bond donors (Lipinski definition) is 1. The van der Waals surface area contributed by atoms with Gasteiger partial charge >= 0.3 is 0 Å². The molecule has 1 aromatic rings. The maximum atomic E-state index is 6.18. The molecule has 0 aliphatic heterocycles. The van der Waals surface area contributed by atoms with E-state index in [9.17, 15) is 0 Å². The summed E-state index contributed by atoms with van der Waals surface area (Å²) in [6, 6.07) is 4.64. The molecule has 0 saturated heterocycles. The molecule has 3 heteroatoms. The molecule has 0 amide bonds. The molecule has 94 valence electrons. The molecule has 2 rings (SSSR count). The van der Waals surface area contributed by atoms with Crippen molar-refractivity contribution in [1.82, 2.24) is 0 Å². The van der Waals surface area contributed by atoms with Crippen molar-refractivity contribution in [2.45, 2.75) is 46.1 Å². The Labute approximate surface area is 117 Å². The van der Waals surface area contributed by atoms with Crippen LogP contribution in [0, 0.1) is 12.3 Å². The Kier molecular flexibility index (Phi) is 3.74. The van der Waals surface area contributed by atoms with Crippen LogP contribution in [0.2, 0.25) is 5.02 Å². The summed E-state index contributed by atoms with van der Waals surface area (Å²) in [5.74, 6) is 0. The Morgan fingerprint density at radius 2 is 2.12 bits per heavy atom. The molecule has 1 aliphatic rings. The second-order valence-corrected chi connectivity index (χ2v) is 6.92. The highest BCUT2D eigenvalue weighted by Crippen LogP contribution is 2.40. The van der Waals surface area contributed by atoms with Crippen molar-refractivity contribution in [3.63, 3.8) is 0 Å². The molecule has 0 bridgehead atoms. The molecule has 0 spiro atoms. The number of rotatable bonds is 2. The third-order valence-electron chi connectivity index (χ3n) is 3.84. The van der Waals surface area contributed by atoms with Gasteiger partial charge in [-0.05, 0) is 58.8 Å². The lowest BCUT2D eigenvalue weighted by molar-refractivity contribution is 0.350. The summed E-state index contributed by atoms with van der Waals surface area (Å²) < 4.78 is 1.10. The van der Waals surface area contributed by atoms with Crippen molar-refractivity contribution < 1.29 is 0 Å². The van der Waals surface area contributed by atoms with E-state index < -0.39 is 0 Å². The van der Waals surface area contributed by atoms with Crippen LogP contribution in [0.5, 0.6) is 0 Å². The van der Waals surface area contributed by atoms with Gasteiger partial charge in [-0.2, -0.15) is 0 Å². The number of aryl methyl sites for hydroxylation is 1. The molecule has 17 heavy (non-hydrogen) atoms. The zero-order valence-corrected chi connectivity index (χ0v) is 13.0. The number of anilines is 1. The van der Waals surface area contributed by atoms with E-state index in [0.29, 0.717) is 11.5 Å². The van der Waals surface area contributed by atoms with Crippen molar-refractivity contribution in [1.29, 1.82) is 0 Å². The van der Waals surface area contributed by atoms with Crippen molar-refractivity contribution >= 4 is 33.2 Å². The van der Waals surface area contributed by atoms with Crippen LogP contribution in [0.4, 0.5) is 5.69 Å². The molecule has 1 nitrogen and oxygen atoms in total. The maximum absolute atomic E-state index is 6.18. The zero-order valence-electron chi connectivity index (χ0n) is 10.6. The van der Waals surface area contributed by atoms with E-state index >= 15 is 0 Å². The first-order chi connectivity index (χ1) is 7.90. The molecule has 0 radical (unpaired) electrons. The molecular weight excluding hydrogens is 298 g/mol. The van der Waals surface area contributed by atoms with Crippen molar-refractivity contribution in [2.75, 3.05) is 5.32 Å². The average Bonchev–Trinajstić information content (AvgIpc) is 2.55. The van der Waals surface area contributed by atoms with Gasteiger partial charge in [-0.3, -0.25) is 0 Å². The van der Waals surface area contributed by atoms with Gasteiger partial charge in [-0.1, -0.05) is 31.9 Å². The van der Waals surface area contributed by atoms with Crippen LogP contribution in [-0.2, 0) is 0 Å². The summed E-state index contributed by atoms with van der Waals surface area (Å²) in [6.45, 7) is 6.69. The number of benzene rings is 1. The quantitative estimate of drug-likeness (QED) is 0.770. The highest BCUT2D eigenvalue weighted by atomic mass is 79.9. The zero-order chi connectivity index (χ0) is 12.6. The Bertz CT molecular complexity index is 428.